The van der Waals surface area contributed by atoms with Gasteiger partial charge in [0.05, 0.1) is 5.54 Å². The smallest absolute Gasteiger partial charge is 0.418 e. The first kappa shape index (κ1) is 30.0. The van der Waals surface area contributed by atoms with Crippen molar-refractivity contribution in [3.8, 4) is 0 Å². The topological polar surface area (TPSA) is 71.4 Å². The van der Waals surface area contributed by atoms with Gasteiger partial charge in [-0.3, -0.25) is 9.79 Å². The molecule has 39 heavy (non-hydrogen) atoms. The van der Waals surface area contributed by atoms with Gasteiger partial charge in [0.1, 0.15) is 17.1 Å². The van der Waals surface area contributed by atoms with Crippen molar-refractivity contribution in [2.24, 2.45) is 10.9 Å². The van der Waals surface area contributed by atoms with E-state index in [9.17, 15) is 14.0 Å². The van der Waals surface area contributed by atoms with Crippen molar-refractivity contribution in [2.75, 3.05) is 26.4 Å². The highest BCUT2D eigenvalue weighted by Crippen LogP contribution is 2.67. The van der Waals surface area contributed by atoms with E-state index >= 15 is 4.39 Å². The van der Waals surface area contributed by atoms with E-state index in [1.165, 1.54) is 28.8 Å². The minimum Gasteiger partial charge on any atom is -0.443 e. The molecule has 2 amide bonds. The first-order chi connectivity index (χ1) is 18.1. The maximum atomic E-state index is 15.2. The summed E-state index contributed by atoms with van der Waals surface area (Å²) in [7, 11) is -1.38. The molecule has 0 bridgehead atoms. The van der Waals surface area contributed by atoms with Crippen LogP contribution in [0, 0.1) is 17.6 Å². The number of rotatable bonds is 7. The first-order valence-electron chi connectivity index (χ1n) is 13.7. The Hall–Kier alpha value is -1.98. The minimum atomic E-state index is -1.38. The van der Waals surface area contributed by atoms with Gasteiger partial charge in [-0.2, -0.15) is 0 Å². The Labute approximate surface area is 235 Å². The fraction of sp³-hybridized carbons (Fsp3) is 0.679. The number of carbonyl (C=O) groups excluding carboxylic acids is 2. The molecule has 0 radical (unpaired) electrons. The van der Waals surface area contributed by atoms with E-state index in [2.05, 4.69) is 19.6 Å². The number of halogens is 2. The Morgan fingerprint density at radius 3 is 2.49 bits per heavy atom. The molecule has 1 aliphatic carbocycles. The SMILES string of the molecule is CC(C)(C)OC(=O)N(COCC[Si](C)(C)C)C1=N[C@](C)(c2cccc(F)c2F)[C@@H]2C[C@]2(C(=O)N2CCCC2)S1. The molecular formula is C28H41F2N3O4SSi. The molecular weight excluding hydrogens is 540 g/mol. The third kappa shape index (κ3) is 6.35. The molecule has 7 nitrogen and oxygen atoms in total. The monoisotopic (exact) mass is 581 g/mol. The van der Waals surface area contributed by atoms with Gasteiger partial charge in [0.25, 0.3) is 0 Å². The average Bonchev–Trinajstić information content (AvgIpc) is 3.33. The molecule has 3 aliphatic rings. The lowest BCUT2D eigenvalue weighted by Crippen LogP contribution is -2.49. The summed E-state index contributed by atoms with van der Waals surface area (Å²) in [5.74, 6) is -2.34. The van der Waals surface area contributed by atoms with Crippen LogP contribution >= 0.6 is 11.8 Å². The summed E-state index contributed by atoms with van der Waals surface area (Å²) < 4.78 is 40.4. The van der Waals surface area contributed by atoms with Gasteiger partial charge in [-0.05, 0) is 59.1 Å². The van der Waals surface area contributed by atoms with E-state index in [1.807, 2.05) is 4.90 Å². The zero-order valence-corrected chi connectivity index (χ0v) is 25.9. The average molecular weight is 582 g/mol. The molecule has 1 aromatic carbocycles. The van der Waals surface area contributed by atoms with Crippen LogP contribution in [0.4, 0.5) is 13.6 Å². The number of aliphatic imine (C=N–C) groups is 1. The molecule has 1 saturated carbocycles. The second kappa shape index (κ2) is 10.8. The van der Waals surface area contributed by atoms with Crippen molar-refractivity contribution in [3.05, 3.63) is 35.4 Å². The quantitative estimate of drug-likeness (QED) is 0.217. The lowest BCUT2D eigenvalue weighted by atomic mass is 9.85. The summed E-state index contributed by atoms with van der Waals surface area (Å²) in [6, 6.07) is 4.94. The van der Waals surface area contributed by atoms with Crippen LogP contribution in [0.25, 0.3) is 0 Å². The number of benzene rings is 1. The number of hydrogen-bond acceptors (Lipinski definition) is 6. The van der Waals surface area contributed by atoms with E-state index in [1.54, 1.807) is 27.7 Å². The number of carbonyl (C=O) groups is 2. The van der Waals surface area contributed by atoms with Crippen LogP contribution in [-0.2, 0) is 19.8 Å². The summed E-state index contributed by atoms with van der Waals surface area (Å²) in [4.78, 5) is 35.4. The van der Waals surface area contributed by atoms with Crippen LogP contribution in [0.15, 0.2) is 23.2 Å². The maximum absolute atomic E-state index is 15.2. The van der Waals surface area contributed by atoms with Gasteiger partial charge >= 0.3 is 6.09 Å². The van der Waals surface area contributed by atoms with Gasteiger partial charge in [-0.25, -0.2) is 18.5 Å². The second-order valence-corrected chi connectivity index (χ2v) is 20.1. The number of thioether (sulfide) groups is 1. The zero-order valence-electron chi connectivity index (χ0n) is 24.1. The van der Waals surface area contributed by atoms with Gasteiger partial charge in [0.15, 0.2) is 16.8 Å². The summed E-state index contributed by atoms with van der Waals surface area (Å²) in [5, 5.41) is 0.227. The normalized spacial score (nSPS) is 26.6. The van der Waals surface area contributed by atoms with Crippen molar-refractivity contribution in [1.82, 2.24) is 9.80 Å². The fourth-order valence-corrected chi connectivity index (χ4v) is 7.63. The Morgan fingerprint density at radius 2 is 1.87 bits per heavy atom. The third-order valence-electron chi connectivity index (χ3n) is 7.50. The summed E-state index contributed by atoms with van der Waals surface area (Å²) in [6.45, 7) is 15.4. The number of amides is 2. The highest BCUT2D eigenvalue weighted by Gasteiger charge is 2.72. The third-order valence-corrected chi connectivity index (χ3v) is 10.7. The second-order valence-electron chi connectivity index (χ2n) is 13.1. The van der Waals surface area contributed by atoms with Crippen molar-refractivity contribution >= 4 is 37.0 Å². The largest absolute Gasteiger partial charge is 0.443 e. The highest BCUT2D eigenvalue weighted by atomic mass is 32.2. The lowest BCUT2D eigenvalue weighted by Gasteiger charge is -2.38. The molecule has 11 heteroatoms. The summed E-state index contributed by atoms with van der Waals surface area (Å²) in [5.41, 5.74) is -1.97. The van der Waals surface area contributed by atoms with Crippen molar-refractivity contribution in [3.63, 3.8) is 0 Å². The predicted octanol–water partition coefficient (Wildman–Crippen LogP) is 6.21. The van der Waals surface area contributed by atoms with Crippen LogP contribution in [0.2, 0.25) is 25.7 Å². The number of nitrogens with zero attached hydrogens (tertiary/aromatic N) is 3. The molecule has 0 unspecified atom stereocenters. The van der Waals surface area contributed by atoms with Gasteiger partial charge < -0.3 is 14.4 Å². The minimum absolute atomic E-state index is 0.0331. The molecule has 4 rings (SSSR count). The van der Waals surface area contributed by atoms with E-state index < -0.39 is 41.7 Å². The first-order valence-corrected chi connectivity index (χ1v) is 18.2. The van der Waals surface area contributed by atoms with E-state index in [4.69, 9.17) is 14.5 Å². The van der Waals surface area contributed by atoms with Crippen molar-refractivity contribution < 1.29 is 27.8 Å². The van der Waals surface area contributed by atoms with Crippen LogP contribution in [0.3, 0.4) is 0 Å². The van der Waals surface area contributed by atoms with Gasteiger partial charge in [-0.1, -0.05) is 43.5 Å². The van der Waals surface area contributed by atoms with E-state index in [0.29, 0.717) is 26.1 Å². The molecule has 0 N–H and O–H groups in total. The van der Waals surface area contributed by atoms with Crippen LogP contribution in [0.5, 0.6) is 0 Å². The number of ether oxygens (including phenoxy) is 2. The summed E-state index contributed by atoms with van der Waals surface area (Å²) in [6.07, 6.45) is 1.66. The molecule has 2 aliphatic heterocycles. The van der Waals surface area contributed by atoms with E-state index in [-0.39, 0.29) is 29.3 Å². The van der Waals surface area contributed by atoms with Crippen LogP contribution < -0.4 is 0 Å². The van der Waals surface area contributed by atoms with E-state index in [0.717, 1.165) is 25.0 Å². The molecule has 3 atom stereocenters. The van der Waals surface area contributed by atoms with Crippen LogP contribution in [-0.4, -0.2) is 71.8 Å². The Balaban J connectivity index is 1.75. The Bertz CT molecular complexity index is 1150. The predicted molar refractivity (Wildman–Crippen MR) is 152 cm³/mol. The summed E-state index contributed by atoms with van der Waals surface area (Å²) >= 11 is 1.23. The molecule has 0 aromatic heterocycles. The van der Waals surface area contributed by atoms with Crippen molar-refractivity contribution in [2.45, 2.75) is 88.5 Å². The van der Waals surface area contributed by atoms with Crippen LogP contribution in [0.1, 0.15) is 52.5 Å². The van der Waals surface area contributed by atoms with Gasteiger partial charge in [-0.15, -0.1) is 0 Å². The number of fused-ring (bicyclic) bond motifs is 1. The molecule has 216 valence electrons. The lowest BCUT2D eigenvalue weighted by molar-refractivity contribution is -0.130. The Kier molecular flexibility index (Phi) is 8.29. The molecule has 1 saturated heterocycles. The number of hydrogen-bond donors (Lipinski definition) is 0. The fourth-order valence-electron chi connectivity index (χ4n) is 5.24. The van der Waals surface area contributed by atoms with Gasteiger partial charge in [0.2, 0.25) is 5.91 Å². The molecule has 0 spiro atoms. The Morgan fingerprint density at radius 1 is 1.21 bits per heavy atom. The number of likely N-dealkylation sites (tertiary alicyclic amines) is 1. The highest BCUT2D eigenvalue weighted by molar-refractivity contribution is 8.16. The maximum Gasteiger partial charge on any atom is 0.418 e. The zero-order chi connectivity index (χ0) is 28.8. The standard InChI is InChI=1S/C28H41F2N3O4SSi/c1-26(2,3)37-25(35)33(18-36-15-16-39(5,6)7)24-31-27(4,19-11-10-12-20(29)22(19)30)21-17-28(21,38-24)23(34)32-13-8-9-14-32/h10-12,21H,8-9,13-18H2,1-7H3/t21-,27+,28-/m0/s1. The molecule has 2 fully saturated rings. The molecule has 1 aromatic rings. The van der Waals surface area contributed by atoms with Gasteiger partial charge in [0, 0.05) is 39.3 Å². The number of amidine groups is 1. The van der Waals surface area contributed by atoms with Crippen molar-refractivity contribution in [1.29, 1.82) is 0 Å². The molecule has 2 heterocycles.